The van der Waals surface area contributed by atoms with Crippen LogP contribution in [0.4, 0.5) is 5.69 Å². The van der Waals surface area contributed by atoms with Gasteiger partial charge in [0, 0.05) is 37.5 Å². The van der Waals surface area contributed by atoms with Crippen molar-refractivity contribution < 1.29 is 18.0 Å². The van der Waals surface area contributed by atoms with Gasteiger partial charge in [-0.3, -0.25) is 13.9 Å². The van der Waals surface area contributed by atoms with Crippen LogP contribution in [0.25, 0.3) is 0 Å². The maximum absolute atomic E-state index is 13.9. The van der Waals surface area contributed by atoms with E-state index in [1.807, 2.05) is 61.5 Å². The van der Waals surface area contributed by atoms with E-state index >= 15 is 0 Å². The van der Waals surface area contributed by atoms with Crippen LogP contribution < -0.4 is 9.62 Å². The number of halogens is 1. The van der Waals surface area contributed by atoms with E-state index in [9.17, 15) is 18.0 Å². The summed E-state index contributed by atoms with van der Waals surface area (Å²) < 4.78 is 26.7. The summed E-state index contributed by atoms with van der Waals surface area (Å²) >= 11 is 6.26. The molecule has 0 aromatic heterocycles. The van der Waals surface area contributed by atoms with Crippen molar-refractivity contribution in [1.82, 2.24) is 10.2 Å². The van der Waals surface area contributed by atoms with Gasteiger partial charge in [0.1, 0.15) is 6.04 Å². The second kappa shape index (κ2) is 16.3. The Labute approximate surface area is 255 Å². The second-order valence-electron chi connectivity index (χ2n) is 10.5. The summed E-state index contributed by atoms with van der Waals surface area (Å²) in [5, 5.41) is 3.56. The van der Waals surface area contributed by atoms with Gasteiger partial charge in [-0.05, 0) is 60.2 Å². The molecule has 0 bridgehead atoms. The third kappa shape index (κ3) is 10.2. The maximum atomic E-state index is 13.9. The molecule has 0 spiro atoms. The zero-order valence-corrected chi connectivity index (χ0v) is 26.3. The van der Waals surface area contributed by atoms with Gasteiger partial charge in [0.2, 0.25) is 21.8 Å². The van der Waals surface area contributed by atoms with Crippen molar-refractivity contribution in [3.63, 3.8) is 0 Å². The van der Waals surface area contributed by atoms with Crippen LogP contribution >= 0.6 is 11.6 Å². The number of nitrogens with zero attached hydrogens (tertiary/aromatic N) is 2. The zero-order valence-electron chi connectivity index (χ0n) is 24.8. The molecule has 1 atom stereocenters. The van der Waals surface area contributed by atoms with Crippen LogP contribution in [0.1, 0.15) is 56.2 Å². The molecule has 7 nitrogen and oxygen atoms in total. The minimum atomic E-state index is -3.56. The van der Waals surface area contributed by atoms with Gasteiger partial charge in [0.05, 0.1) is 11.9 Å². The molecular weight excluding hydrogens is 570 g/mol. The second-order valence-corrected chi connectivity index (χ2v) is 12.8. The summed E-state index contributed by atoms with van der Waals surface area (Å²) in [7, 11) is -3.56. The molecule has 0 heterocycles. The fraction of sp³-hybridized carbons (Fsp3) is 0.394. The molecule has 0 aliphatic rings. The number of hydrogen-bond donors (Lipinski definition) is 1. The third-order valence-corrected chi connectivity index (χ3v) is 8.56. The maximum Gasteiger partial charge on any atom is 0.243 e. The monoisotopic (exact) mass is 611 g/mol. The predicted octanol–water partition coefficient (Wildman–Crippen LogP) is 6.01. The lowest BCUT2D eigenvalue weighted by molar-refractivity contribution is -0.141. The number of sulfonamides is 1. The molecule has 3 aromatic carbocycles. The van der Waals surface area contributed by atoms with Crippen LogP contribution in [-0.2, 0) is 39.0 Å². The molecule has 1 N–H and O–H groups in total. The Morgan fingerprint density at radius 1 is 0.881 bits per heavy atom. The van der Waals surface area contributed by atoms with E-state index in [1.165, 1.54) is 10.6 Å². The quantitative estimate of drug-likeness (QED) is 0.201. The molecule has 3 aromatic rings. The Hall–Kier alpha value is -3.36. The topological polar surface area (TPSA) is 86.8 Å². The molecule has 0 aliphatic carbocycles. The number of nitrogens with one attached hydrogen (secondary N) is 1. The molecule has 0 radical (unpaired) electrons. The normalized spacial score (nSPS) is 12.0. The lowest BCUT2D eigenvalue weighted by atomic mass is 10.0. The number of carbonyl (C=O) groups excluding carboxylic acids is 2. The molecule has 0 saturated heterocycles. The number of benzene rings is 3. The number of amides is 2. The van der Waals surface area contributed by atoms with Crippen molar-refractivity contribution in [2.45, 2.75) is 65.0 Å². The summed E-state index contributed by atoms with van der Waals surface area (Å²) in [6.45, 7) is 4.97. The van der Waals surface area contributed by atoms with Gasteiger partial charge in [-0.25, -0.2) is 8.42 Å². The first-order chi connectivity index (χ1) is 20.1. The minimum Gasteiger partial charge on any atom is -0.354 e. The number of rotatable bonds is 16. The standard InChI is InChI=1S/C33H42ClN3O4S/c1-4-6-21-35-33(39)31(24-27-12-8-7-9-13-27)36(25-28-14-10-15-29(34)23-28)32(38)16-11-22-37(42(3,40)41)30-19-17-26(5-2)18-20-30/h7-10,12-15,17-20,23,31H,4-6,11,16,21-22,24-25H2,1-3H3,(H,35,39). The molecule has 226 valence electrons. The van der Waals surface area contributed by atoms with E-state index in [0.717, 1.165) is 36.0 Å². The van der Waals surface area contributed by atoms with Gasteiger partial charge in [-0.2, -0.15) is 0 Å². The van der Waals surface area contributed by atoms with E-state index in [2.05, 4.69) is 12.2 Å². The average Bonchev–Trinajstić information content (AvgIpc) is 2.97. The fourth-order valence-electron chi connectivity index (χ4n) is 4.79. The summed E-state index contributed by atoms with van der Waals surface area (Å²) in [5.74, 6) is -0.437. The highest BCUT2D eigenvalue weighted by Crippen LogP contribution is 2.22. The number of unbranched alkanes of at least 4 members (excludes halogenated alkanes) is 1. The SMILES string of the molecule is CCCCNC(=O)C(Cc1ccccc1)N(Cc1cccc(Cl)c1)C(=O)CCCN(c1ccc(CC)cc1)S(C)(=O)=O. The number of hydrogen-bond acceptors (Lipinski definition) is 4. The molecule has 0 fully saturated rings. The fourth-order valence-corrected chi connectivity index (χ4v) is 5.97. The van der Waals surface area contributed by atoms with Crippen molar-refractivity contribution in [1.29, 1.82) is 0 Å². The van der Waals surface area contributed by atoms with Crippen LogP contribution in [0.2, 0.25) is 5.02 Å². The van der Waals surface area contributed by atoms with Gasteiger partial charge < -0.3 is 10.2 Å². The Morgan fingerprint density at radius 3 is 2.19 bits per heavy atom. The van der Waals surface area contributed by atoms with Gasteiger partial charge in [0.15, 0.2) is 0 Å². The van der Waals surface area contributed by atoms with Gasteiger partial charge >= 0.3 is 0 Å². The number of anilines is 1. The molecule has 9 heteroatoms. The van der Waals surface area contributed by atoms with Gasteiger partial charge in [-0.1, -0.05) is 86.5 Å². The smallest absolute Gasteiger partial charge is 0.243 e. The van der Waals surface area contributed by atoms with E-state index in [1.54, 1.807) is 29.2 Å². The highest BCUT2D eigenvalue weighted by Gasteiger charge is 2.30. The van der Waals surface area contributed by atoms with Crippen LogP contribution in [0.3, 0.4) is 0 Å². The van der Waals surface area contributed by atoms with Crippen molar-refractivity contribution in [2.24, 2.45) is 0 Å². The predicted molar refractivity (Wildman–Crippen MR) is 171 cm³/mol. The molecule has 1 unspecified atom stereocenters. The van der Waals surface area contributed by atoms with E-state index in [4.69, 9.17) is 11.6 Å². The van der Waals surface area contributed by atoms with Crippen LogP contribution in [-0.4, -0.2) is 50.5 Å². The van der Waals surface area contributed by atoms with Gasteiger partial charge in [0.25, 0.3) is 0 Å². The van der Waals surface area contributed by atoms with Crippen LogP contribution in [0.15, 0.2) is 78.9 Å². The summed E-state index contributed by atoms with van der Waals surface area (Å²) in [4.78, 5) is 29.1. The van der Waals surface area contributed by atoms with Crippen molar-refractivity contribution >= 4 is 39.1 Å². The zero-order chi connectivity index (χ0) is 30.5. The van der Waals surface area contributed by atoms with E-state index in [-0.39, 0.29) is 31.3 Å². The van der Waals surface area contributed by atoms with Crippen LogP contribution in [0.5, 0.6) is 0 Å². The molecule has 2 amide bonds. The summed E-state index contributed by atoms with van der Waals surface area (Å²) in [6.07, 6.45) is 4.52. The molecule has 3 rings (SSSR count). The molecule has 0 saturated carbocycles. The average molecular weight is 612 g/mol. The molecule has 42 heavy (non-hydrogen) atoms. The van der Waals surface area contributed by atoms with Crippen molar-refractivity contribution in [2.75, 3.05) is 23.7 Å². The van der Waals surface area contributed by atoms with Gasteiger partial charge in [-0.15, -0.1) is 0 Å². The molecule has 0 aliphatic heterocycles. The third-order valence-electron chi connectivity index (χ3n) is 7.13. The Balaban J connectivity index is 1.86. The van der Waals surface area contributed by atoms with Crippen molar-refractivity contribution in [3.8, 4) is 0 Å². The van der Waals surface area contributed by atoms with Crippen LogP contribution in [0, 0.1) is 0 Å². The first kappa shape index (κ1) is 33.1. The van der Waals surface area contributed by atoms with Crippen molar-refractivity contribution in [3.05, 3.63) is 101 Å². The number of carbonyl (C=O) groups is 2. The highest BCUT2D eigenvalue weighted by atomic mass is 35.5. The Morgan fingerprint density at radius 2 is 1.57 bits per heavy atom. The van der Waals surface area contributed by atoms with E-state index in [0.29, 0.717) is 30.1 Å². The Bertz CT molecular complexity index is 1400. The minimum absolute atomic E-state index is 0.0765. The van der Waals surface area contributed by atoms with E-state index < -0.39 is 16.1 Å². The summed E-state index contributed by atoms with van der Waals surface area (Å²) in [5.41, 5.74) is 3.43. The first-order valence-corrected chi connectivity index (χ1v) is 16.8. The largest absolute Gasteiger partial charge is 0.354 e. The highest BCUT2D eigenvalue weighted by molar-refractivity contribution is 7.92. The lowest BCUT2D eigenvalue weighted by Crippen LogP contribution is -2.50. The first-order valence-electron chi connectivity index (χ1n) is 14.5. The summed E-state index contributed by atoms with van der Waals surface area (Å²) in [6, 6.07) is 23.6. The number of aryl methyl sites for hydroxylation is 1. The lowest BCUT2D eigenvalue weighted by Gasteiger charge is -2.32. The Kier molecular flexibility index (Phi) is 12.9. The molecular formula is C33H42ClN3O4S.